The fourth-order valence-corrected chi connectivity index (χ4v) is 2.32. The van der Waals surface area contributed by atoms with Gasteiger partial charge in [0.05, 0.1) is 23.7 Å². The molecule has 0 aliphatic rings. The van der Waals surface area contributed by atoms with Crippen LogP contribution in [0.2, 0.25) is 0 Å². The summed E-state index contributed by atoms with van der Waals surface area (Å²) in [4.78, 5) is 10.4. The fraction of sp³-hybridized carbons (Fsp3) is 0.0625. The molecule has 22 heavy (non-hydrogen) atoms. The van der Waals surface area contributed by atoms with E-state index in [4.69, 9.17) is 4.74 Å². The van der Waals surface area contributed by atoms with E-state index in [1.165, 1.54) is 12.1 Å². The molecule has 0 atom stereocenters. The van der Waals surface area contributed by atoms with Crippen LogP contribution in [-0.4, -0.2) is 12.0 Å². The number of rotatable bonds is 4. The number of allylic oxidation sites excluding steroid dienone is 1. The molecule has 110 valence electrons. The van der Waals surface area contributed by atoms with E-state index in [-0.39, 0.29) is 5.69 Å². The molecule has 0 aliphatic heterocycles. The van der Waals surface area contributed by atoms with Crippen molar-refractivity contribution in [2.75, 3.05) is 7.11 Å². The van der Waals surface area contributed by atoms with Gasteiger partial charge in [0.1, 0.15) is 5.75 Å². The van der Waals surface area contributed by atoms with Gasteiger partial charge >= 0.3 is 0 Å². The Bertz CT molecular complexity index is 794. The van der Waals surface area contributed by atoms with Crippen molar-refractivity contribution in [2.24, 2.45) is 0 Å². The molecule has 0 radical (unpaired) electrons. The monoisotopic (exact) mass is 358 g/mol. The van der Waals surface area contributed by atoms with Gasteiger partial charge in [0.15, 0.2) is 0 Å². The average molecular weight is 359 g/mol. The smallest absolute Gasteiger partial charge is 0.270 e. The van der Waals surface area contributed by atoms with Crippen LogP contribution in [0.4, 0.5) is 5.69 Å². The number of halogens is 1. The van der Waals surface area contributed by atoms with E-state index < -0.39 is 4.92 Å². The molecule has 0 amide bonds. The van der Waals surface area contributed by atoms with Crippen molar-refractivity contribution in [1.82, 2.24) is 0 Å². The van der Waals surface area contributed by atoms with Crippen molar-refractivity contribution >= 4 is 33.3 Å². The summed E-state index contributed by atoms with van der Waals surface area (Å²) >= 11 is 3.37. The molecule has 0 saturated carbocycles. The van der Waals surface area contributed by atoms with E-state index in [1.807, 2.05) is 12.1 Å². The van der Waals surface area contributed by atoms with Crippen LogP contribution in [-0.2, 0) is 0 Å². The first-order valence-corrected chi connectivity index (χ1v) is 7.04. The van der Waals surface area contributed by atoms with Gasteiger partial charge in [0, 0.05) is 22.2 Å². The highest BCUT2D eigenvalue weighted by Crippen LogP contribution is 2.28. The number of nitro groups is 1. The summed E-state index contributed by atoms with van der Waals surface area (Å²) < 4.78 is 6.10. The van der Waals surface area contributed by atoms with Gasteiger partial charge in [-0.2, -0.15) is 5.26 Å². The van der Waals surface area contributed by atoms with Crippen LogP contribution in [0.3, 0.4) is 0 Å². The summed E-state index contributed by atoms with van der Waals surface area (Å²) in [6.45, 7) is 0. The number of nitrogens with zero attached hydrogens (tertiary/aromatic N) is 2. The Kier molecular flexibility index (Phi) is 4.92. The zero-order valence-corrected chi connectivity index (χ0v) is 13.2. The SMILES string of the molecule is COc1ccc(Br)cc1C=C(C#N)c1cccc([N+](=O)[O-])c1. The summed E-state index contributed by atoms with van der Waals surface area (Å²) in [5.41, 5.74) is 1.46. The first-order chi connectivity index (χ1) is 10.5. The lowest BCUT2D eigenvalue weighted by molar-refractivity contribution is -0.384. The Morgan fingerprint density at radius 1 is 1.36 bits per heavy atom. The van der Waals surface area contributed by atoms with Crippen LogP contribution in [0.25, 0.3) is 11.6 Å². The third-order valence-electron chi connectivity index (χ3n) is 2.98. The summed E-state index contributed by atoms with van der Waals surface area (Å²) in [7, 11) is 1.54. The molecule has 5 nitrogen and oxygen atoms in total. The molecule has 6 heteroatoms. The molecule has 0 unspecified atom stereocenters. The maximum atomic E-state index is 10.8. The van der Waals surface area contributed by atoms with Crippen molar-refractivity contribution in [2.45, 2.75) is 0 Å². The maximum Gasteiger partial charge on any atom is 0.270 e. The number of hydrogen-bond acceptors (Lipinski definition) is 4. The molecule has 0 bridgehead atoms. The molecule has 0 aromatic heterocycles. The minimum Gasteiger partial charge on any atom is -0.496 e. The molecule has 0 saturated heterocycles. The number of hydrogen-bond donors (Lipinski definition) is 0. The molecule has 0 N–H and O–H groups in total. The molecule has 0 spiro atoms. The summed E-state index contributed by atoms with van der Waals surface area (Å²) in [6.07, 6.45) is 1.64. The Morgan fingerprint density at radius 3 is 2.77 bits per heavy atom. The second-order valence-corrected chi connectivity index (χ2v) is 5.28. The number of nitro benzene ring substituents is 1. The van der Waals surface area contributed by atoms with Crippen LogP contribution in [0, 0.1) is 21.4 Å². The largest absolute Gasteiger partial charge is 0.496 e. The Morgan fingerprint density at radius 2 is 2.14 bits per heavy atom. The second-order valence-electron chi connectivity index (χ2n) is 4.36. The van der Waals surface area contributed by atoms with E-state index in [9.17, 15) is 15.4 Å². The average Bonchev–Trinajstić information content (AvgIpc) is 2.52. The summed E-state index contributed by atoms with van der Waals surface area (Å²) in [5, 5.41) is 20.2. The molecule has 0 heterocycles. The molecule has 0 aliphatic carbocycles. The number of non-ortho nitro benzene ring substituents is 1. The normalized spacial score (nSPS) is 10.9. The van der Waals surface area contributed by atoms with E-state index in [2.05, 4.69) is 22.0 Å². The predicted molar refractivity (Wildman–Crippen MR) is 87.3 cm³/mol. The second kappa shape index (κ2) is 6.87. The number of nitriles is 1. The van der Waals surface area contributed by atoms with Crippen molar-refractivity contribution in [3.63, 3.8) is 0 Å². The van der Waals surface area contributed by atoms with Crippen LogP contribution >= 0.6 is 15.9 Å². The van der Waals surface area contributed by atoms with Gasteiger partial charge in [0.2, 0.25) is 0 Å². The molecule has 2 aromatic rings. The predicted octanol–water partition coefficient (Wildman–Crippen LogP) is 4.43. The van der Waals surface area contributed by atoms with Crippen molar-refractivity contribution < 1.29 is 9.66 Å². The van der Waals surface area contributed by atoms with Gasteiger partial charge in [-0.05, 0) is 29.8 Å². The molecular formula is C16H11BrN2O3. The third-order valence-corrected chi connectivity index (χ3v) is 3.47. The number of benzene rings is 2. The summed E-state index contributed by atoms with van der Waals surface area (Å²) in [5.74, 6) is 0.612. The van der Waals surface area contributed by atoms with E-state index in [0.717, 1.165) is 4.47 Å². The van der Waals surface area contributed by atoms with Crippen molar-refractivity contribution in [3.05, 3.63) is 68.2 Å². The first kappa shape index (κ1) is 15.7. The summed E-state index contributed by atoms with van der Waals surface area (Å²) in [6, 6.07) is 13.5. The molecule has 0 fully saturated rings. The molecular weight excluding hydrogens is 348 g/mol. The highest BCUT2D eigenvalue weighted by molar-refractivity contribution is 9.10. The van der Waals surface area contributed by atoms with Gasteiger partial charge in [-0.1, -0.05) is 28.1 Å². The van der Waals surface area contributed by atoms with Crippen molar-refractivity contribution in [1.29, 1.82) is 5.26 Å². The van der Waals surface area contributed by atoms with Crippen LogP contribution in [0.5, 0.6) is 5.75 Å². The Balaban J connectivity index is 2.53. The lowest BCUT2D eigenvalue weighted by Gasteiger charge is -2.06. The lowest BCUT2D eigenvalue weighted by atomic mass is 10.0. The lowest BCUT2D eigenvalue weighted by Crippen LogP contribution is -1.91. The highest BCUT2D eigenvalue weighted by Gasteiger charge is 2.10. The van der Waals surface area contributed by atoms with Crippen molar-refractivity contribution in [3.8, 4) is 11.8 Å². The van der Waals surface area contributed by atoms with Crippen LogP contribution in [0.1, 0.15) is 11.1 Å². The van der Waals surface area contributed by atoms with Crippen LogP contribution < -0.4 is 4.74 Å². The Labute approximate surface area is 135 Å². The van der Waals surface area contributed by atoms with Gasteiger partial charge in [-0.15, -0.1) is 0 Å². The van der Waals surface area contributed by atoms with E-state index >= 15 is 0 Å². The third kappa shape index (κ3) is 3.51. The van der Waals surface area contributed by atoms with E-state index in [0.29, 0.717) is 22.4 Å². The topological polar surface area (TPSA) is 76.2 Å². The highest BCUT2D eigenvalue weighted by atomic mass is 79.9. The standard InChI is InChI=1S/C16H11BrN2O3/c1-22-16-6-5-14(17)8-12(16)7-13(10-18)11-3-2-4-15(9-11)19(20)21/h2-9H,1H3. The quantitative estimate of drug-likeness (QED) is 0.350. The van der Waals surface area contributed by atoms with Gasteiger partial charge in [-0.3, -0.25) is 10.1 Å². The fourth-order valence-electron chi connectivity index (χ4n) is 1.94. The zero-order valence-electron chi connectivity index (χ0n) is 11.6. The number of ether oxygens (including phenoxy) is 1. The Hall–Kier alpha value is -2.65. The van der Waals surface area contributed by atoms with Gasteiger partial charge in [-0.25, -0.2) is 0 Å². The number of methoxy groups -OCH3 is 1. The van der Waals surface area contributed by atoms with E-state index in [1.54, 1.807) is 31.4 Å². The van der Waals surface area contributed by atoms with Gasteiger partial charge in [0.25, 0.3) is 5.69 Å². The first-order valence-electron chi connectivity index (χ1n) is 6.25. The minimum absolute atomic E-state index is 0.0557. The molecule has 2 rings (SSSR count). The zero-order chi connectivity index (χ0) is 16.1. The van der Waals surface area contributed by atoms with Crippen LogP contribution in [0.15, 0.2) is 46.9 Å². The minimum atomic E-state index is -0.488. The molecule has 2 aromatic carbocycles. The van der Waals surface area contributed by atoms with Gasteiger partial charge < -0.3 is 4.74 Å². The maximum absolute atomic E-state index is 10.8.